The minimum Gasteiger partial charge on any atom is -0.445 e. The maximum atomic E-state index is 13.4. The lowest BCUT2D eigenvalue weighted by molar-refractivity contribution is -0.278. The highest BCUT2D eigenvalue weighted by Crippen LogP contribution is 2.43. The highest BCUT2D eigenvalue weighted by atomic mass is 16.7. The molecule has 57 heavy (non-hydrogen) atoms. The number of hydrogen-bond donors (Lipinski definition) is 2. The van der Waals surface area contributed by atoms with Gasteiger partial charge in [-0.25, -0.2) is 4.79 Å². The number of piperidine rings is 1. The molecule has 4 aliphatic heterocycles. The summed E-state index contributed by atoms with van der Waals surface area (Å²) in [6.07, 6.45) is -0.220. The van der Waals surface area contributed by atoms with Crippen molar-refractivity contribution in [3.05, 3.63) is 131 Å². The lowest BCUT2D eigenvalue weighted by Crippen LogP contribution is -2.50. The van der Waals surface area contributed by atoms with Crippen LogP contribution in [0.5, 0.6) is 0 Å². The minimum atomic E-state index is -0.993. The van der Waals surface area contributed by atoms with Crippen molar-refractivity contribution in [1.82, 2.24) is 15.1 Å². The van der Waals surface area contributed by atoms with Crippen LogP contribution in [0.2, 0.25) is 0 Å². The molecule has 4 aromatic carbocycles. The van der Waals surface area contributed by atoms with Crippen molar-refractivity contribution in [2.45, 2.75) is 76.3 Å². The van der Waals surface area contributed by atoms with Crippen molar-refractivity contribution in [2.24, 2.45) is 5.92 Å². The number of likely N-dealkylation sites (tertiary alicyclic amines) is 2. The van der Waals surface area contributed by atoms with Gasteiger partial charge in [0.1, 0.15) is 12.6 Å². The molecule has 5 atom stereocenters. The standard InChI is InChI=1S/C45H49N3O9/c1-30-39(27-47-21-19-45(20-22-47)54-23-24-55-45)56-43(57-41(30)34-13-11-31(28-49)12-14-34)35-17-15-33(16-18-35)37-10-6-5-9-36(37)26-48-40(50)25-38(42(48)51)46-44(52)53-29-32-7-3-2-4-8-32/h2-18,30,38-39,41,43,49H,19-29H2,1H3,(H,46,52). The van der Waals surface area contributed by atoms with E-state index in [-0.39, 0.29) is 50.2 Å². The SMILES string of the molecule is CC1C(CN2CCC3(CC2)OCCO3)OC(c2ccc(-c3ccccc3CN3C(=O)CC(NC(=O)OCc4ccccc4)C3=O)cc2)OC1c1ccc(CO)cc1. The number of nitrogens with zero attached hydrogens (tertiary/aromatic N) is 2. The summed E-state index contributed by atoms with van der Waals surface area (Å²) in [5.74, 6) is -1.23. The molecule has 12 nitrogen and oxygen atoms in total. The Balaban J connectivity index is 0.951. The van der Waals surface area contributed by atoms with Gasteiger partial charge in [-0.05, 0) is 33.4 Å². The van der Waals surface area contributed by atoms with Gasteiger partial charge in [0.2, 0.25) is 5.91 Å². The number of nitrogens with one attached hydrogen (secondary N) is 1. The third-order valence-corrected chi connectivity index (χ3v) is 11.6. The molecule has 3 amide bonds. The third kappa shape index (κ3) is 8.81. The maximum Gasteiger partial charge on any atom is 0.408 e. The van der Waals surface area contributed by atoms with Crippen LogP contribution in [0.3, 0.4) is 0 Å². The highest BCUT2D eigenvalue weighted by Gasteiger charge is 2.43. The lowest BCUT2D eigenvalue weighted by Gasteiger charge is -2.44. The fourth-order valence-electron chi connectivity index (χ4n) is 8.24. The Bertz CT molecular complexity index is 2010. The van der Waals surface area contributed by atoms with E-state index >= 15 is 0 Å². The molecule has 2 N–H and O–H groups in total. The zero-order valence-corrected chi connectivity index (χ0v) is 32.1. The van der Waals surface area contributed by atoms with E-state index in [1.807, 2.05) is 103 Å². The van der Waals surface area contributed by atoms with Crippen LogP contribution in [0.15, 0.2) is 103 Å². The Hall–Kier alpha value is -4.95. The van der Waals surface area contributed by atoms with E-state index in [0.29, 0.717) is 13.2 Å². The largest absolute Gasteiger partial charge is 0.445 e. The first-order chi connectivity index (χ1) is 27.8. The first-order valence-corrected chi connectivity index (χ1v) is 19.8. The Kier molecular flexibility index (Phi) is 11.8. The smallest absolute Gasteiger partial charge is 0.408 e. The average Bonchev–Trinajstić information content (AvgIpc) is 3.81. The first kappa shape index (κ1) is 38.9. The number of aliphatic hydroxyl groups excluding tert-OH is 1. The molecule has 0 bridgehead atoms. The van der Waals surface area contributed by atoms with Gasteiger partial charge < -0.3 is 39.0 Å². The van der Waals surface area contributed by atoms with Crippen LogP contribution in [-0.4, -0.2) is 83.6 Å². The van der Waals surface area contributed by atoms with E-state index in [1.165, 1.54) is 4.90 Å². The first-order valence-electron chi connectivity index (χ1n) is 19.8. The van der Waals surface area contributed by atoms with Gasteiger partial charge in [0.25, 0.3) is 5.91 Å². The van der Waals surface area contributed by atoms with E-state index in [9.17, 15) is 19.5 Å². The highest BCUT2D eigenvalue weighted by molar-refractivity contribution is 6.06. The van der Waals surface area contributed by atoms with Crippen LogP contribution < -0.4 is 5.32 Å². The molecular formula is C45H49N3O9. The summed E-state index contributed by atoms with van der Waals surface area (Å²) in [4.78, 5) is 42.6. The quantitative estimate of drug-likeness (QED) is 0.174. The van der Waals surface area contributed by atoms with Gasteiger partial charge in [0.15, 0.2) is 12.1 Å². The van der Waals surface area contributed by atoms with Gasteiger partial charge in [0.05, 0.1) is 45.0 Å². The maximum absolute atomic E-state index is 13.4. The van der Waals surface area contributed by atoms with E-state index in [4.69, 9.17) is 23.7 Å². The van der Waals surface area contributed by atoms with E-state index in [1.54, 1.807) is 0 Å². The molecule has 0 radical (unpaired) electrons. The van der Waals surface area contributed by atoms with Gasteiger partial charge in [-0.1, -0.05) is 110 Å². The third-order valence-electron chi connectivity index (χ3n) is 11.6. The van der Waals surface area contributed by atoms with Gasteiger partial charge in [0, 0.05) is 44.0 Å². The van der Waals surface area contributed by atoms with Crippen LogP contribution >= 0.6 is 0 Å². The zero-order valence-electron chi connectivity index (χ0n) is 32.1. The Morgan fingerprint density at radius 2 is 1.53 bits per heavy atom. The fourth-order valence-corrected chi connectivity index (χ4v) is 8.24. The number of benzene rings is 4. The molecule has 4 aromatic rings. The number of rotatable bonds is 11. The van der Waals surface area contributed by atoms with Crippen molar-refractivity contribution in [3.63, 3.8) is 0 Å². The summed E-state index contributed by atoms with van der Waals surface area (Å²) in [5.41, 5.74) is 6.13. The number of aliphatic hydroxyl groups is 1. The Labute approximate surface area is 332 Å². The molecule has 0 saturated carbocycles. The summed E-state index contributed by atoms with van der Waals surface area (Å²) in [5, 5.41) is 12.2. The van der Waals surface area contributed by atoms with Crippen LogP contribution in [0, 0.1) is 5.92 Å². The molecule has 0 aromatic heterocycles. The van der Waals surface area contributed by atoms with Crippen LogP contribution in [0.4, 0.5) is 4.79 Å². The summed E-state index contributed by atoms with van der Waals surface area (Å²) in [6.45, 7) is 6.02. The van der Waals surface area contributed by atoms with Crippen molar-refractivity contribution < 1.29 is 43.2 Å². The van der Waals surface area contributed by atoms with Crippen molar-refractivity contribution in [3.8, 4) is 11.1 Å². The van der Waals surface area contributed by atoms with Gasteiger partial charge in [-0.15, -0.1) is 0 Å². The number of alkyl carbamates (subject to hydrolysis) is 1. The number of carbonyl (C=O) groups is 3. The summed E-state index contributed by atoms with van der Waals surface area (Å²) in [6, 6.07) is 31.8. The second-order valence-corrected chi connectivity index (χ2v) is 15.3. The van der Waals surface area contributed by atoms with Crippen LogP contribution in [0.1, 0.15) is 66.4 Å². The van der Waals surface area contributed by atoms with E-state index in [2.05, 4.69) is 17.1 Å². The molecule has 1 spiro atoms. The molecule has 4 saturated heterocycles. The summed E-state index contributed by atoms with van der Waals surface area (Å²) in [7, 11) is 0. The number of hydrogen-bond acceptors (Lipinski definition) is 10. The lowest BCUT2D eigenvalue weighted by atomic mass is 9.89. The molecule has 0 aliphatic carbocycles. The monoisotopic (exact) mass is 775 g/mol. The molecule has 4 fully saturated rings. The summed E-state index contributed by atoms with van der Waals surface area (Å²) < 4.78 is 30.7. The number of amides is 3. The number of ether oxygens (including phenoxy) is 5. The topological polar surface area (TPSA) is 136 Å². The molecule has 4 heterocycles. The van der Waals surface area contributed by atoms with Gasteiger partial charge >= 0.3 is 6.09 Å². The van der Waals surface area contributed by atoms with Gasteiger partial charge in [-0.2, -0.15) is 0 Å². The molecule has 5 unspecified atom stereocenters. The van der Waals surface area contributed by atoms with Crippen molar-refractivity contribution >= 4 is 17.9 Å². The zero-order chi connectivity index (χ0) is 39.4. The predicted molar refractivity (Wildman–Crippen MR) is 209 cm³/mol. The number of carbonyl (C=O) groups excluding carboxylic acids is 3. The second-order valence-electron chi connectivity index (χ2n) is 15.3. The van der Waals surface area contributed by atoms with Crippen molar-refractivity contribution in [1.29, 1.82) is 0 Å². The van der Waals surface area contributed by atoms with E-state index in [0.717, 1.165) is 71.4 Å². The molecule has 298 valence electrons. The van der Waals surface area contributed by atoms with E-state index < -0.39 is 30.1 Å². The molecule has 4 aliphatic rings. The Morgan fingerprint density at radius 1 is 0.842 bits per heavy atom. The molecule has 12 heteroatoms. The summed E-state index contributed by atoms with van der Waals surface area (Å²) >= 11 is 0. The van der Waals surface area contributed by atoms with Gasteiger partial charge in [-0.3, -0.25) is 14.5 Å². The number of imide groups is 1. The Morgan fingerprint density at radius 3 is 2.25 bits per heavy atom. The second kappa shape index (κ2) is 17.3. The van der Waals surface area contributed by atoms with Crippen LogP contribution in [-0.2, 0) is 53.0 Å². The van der Waals surface area contributed by atoms with Crippen molar-refractivity contribution in [2.75, 3.05) is 32.8 Å². The molecular weight excluding hydrogens is 727 g/mol. The van der Waals surface area contributed by atoms with Crippen LogP contribution in [0.25, 0.3) is 11.1 Å². The molecule has 8 rings (SSSR count). The minimum absolute atomic E-state index is 0.0243. The fraction of sp³-hybridized carbons (Fsp3) is 0.400. The normalized spacial score (nSPS) is 24.9. The predicted octanol–water partition coefficient (Wildman–Crippen LogP) is 6.03. The average molecular weight is 776 g/mol.